The first kappa shape index (κ1) is 21.1. The molecule has 0 aromatic rings. The van der Waals surface area contributed by atoms with E-state index >= 15 is 4.39 Å². The van der Waals surface area contributed by atoms with Gasteiger partial charge in [0.25, 0.3) is 0 Å². The fourth-order valence-corrected chi connectivity index (χ4v) is 7.87. The van der Waals surface area contributed by atoms with E-state index in [2.05, 4.69) is 13.8 Å². The highest BCUT2D eigenvalue weighted by Gasteiger charge is 2.68. The molecule has 0 aliphatic heterocycles. The molecule has 4 rings (SSSR count). The van der Waals surface area contributed by atoms with Crippen LogP contribution in [0.3, 0.4) is 0 Å². The molecule has 9 atom stereocenters. The van der Waals surface area contributed by atoms with E-state index in [9.17, 15) is 14.7 Å². The summed E-state index contributed by atoms with van der Waals surface area (Å²) in [5.41, 5.74) is -2.08. The van der Waals surface area contributed by atoms with Gasteiger partial charge in [0.2, 0.25) is 0 Å². The van der Waals surface area contributed by atoms with Gasteiger partial charge in [-0.3, -0.25) is 9.59 Å². The van der Waals surface area contributed by atoms with Gasteiger partial charge in [0.05, 0.1) is 0 Å². The largest absolute Gasteiger partial charge is 0.462 e. The Kier molecular flexibility index (Phi) is 5.04. The van der Waals surface area contributed by atoms with Crippen LogP contribution < -0.4 is 0 Å². The molecular weight excluding hydrogens is 375 g/mol. The molecule has 164 valence electrons. The second kappa shape index (κ2) is 6.93. The van der Waals surface area contributed by atoms with E-state index in [1.54, 1.807) is 0 Å². The molecule has 0 saturated heterocycles. The Bertz CT molecular complexity index is 697. The van der Waals surface area contributed by atoms with E-state index in [-0.39, 0.29) is 41.7 Å². The normalized spacial score (nSPS) is 51.4. The van der Waals surface area contributed by atoms with Gasteiger partial charge in [0, 0.05) is 31.1 Å². The number of carbonyl (C=O) groups is 2. The lowest BCUT2D eigenvalue weighted by molar-refractivity contribution is -0.252. The van der Waals surface area contributed by atoms with Crippen LogP contribution in [0.4, 0.5) is 4.39 Å². The minimum atomic E-state index is -1.45. The Morgan fingerprint density at radius 3 is 2.31 bits per heavy atom. The van der Waals surface area contributed by atoms with Crippen molar-refractivity contribution >= 4 is 11.9 Å². The SMILES string of the molecule is CC(=O)O[C@H]1CC[C@]2(C)[C@H]3CC[C@]4(C)[C@@H](OC(C)=O)CC[C@H]4[C@@H]3C[C@@H](F)[C@@]2(O)C1. The van der Waals surface area contributed by atoms with Crippen LogP contribution in [0.2, 0.25) is 0 Å². The Balaban J connectivity index is 1.60. The Hall–Kier alpha value is -1.17. The number of ether oxygens (including phenoxy) is 2. The fourth-order valence-electron chi connectivity index (χ4n) is 7.87. The maximum atomic E-state index is 15.6. The monoisotopic (exact) mass is 410 g/mol. The van der Waals surface area contributed by atoms with E-state index in [0.717, 1.165) is 25.7 Å². The quantitative estimate of drug-likeness (QED) is 0.698. The minimum absolute atomic E-state index is 0.0858. The maximum absolute atomic E-state index is 15.6. The number of alkyl halides is 1. The second-order valence-corrected chi connectivity index (χ2v) is 10.6. The molecule has 4 aliphatic rings. The lowest BCUT2D eigenvalue weighted by Gasteiger charge is -2.64. The van der Waals surface area contributed by atoms with E-state index in [1.165, 1.54) is 13.8 Å². The van der Waals surface area contributed by atoms with E-state index < -0.39 is 23.3 Å². The van der Waals surface area contributed by atoms with Gasteiger partial charge >= 0.3 is 11.9 Å². The van der Waals surface area contributed by atoms with Crippen molar-refractivity contribution in [3.8, 4) is 0 Å². The third kappa shape index (κ3) is 3.03. The molecule has 29 heavy (non-hydrogen) atoms. The van der Waals surface area contributed by atoms with Crippen LogP contribution in [0.15, 0.2) is 0 Å². The fraction of sp³-hybridized carbons (Fsp3) is 0.913. The van der Waals surface area contributed by atoms with Crippen molar-refractivity contribution in [3.05, 3.63) is 0 Å². The van der Waals surface area contributed by atoms with Gasteiger partial charge in [-0.15, -0.1) is 0 Å². The zero-order valence-corrected chi connectivity index (χ0v) is 18.1. The number of fused-ring (bicyclic) bond motifs is 5. The Labute approximate surface area is 172 Å². The summed E-state index contributed by atoms with van der Waals surface area (Å²) in [6.45, 7) is 7.09. The van der Waals surface area contributed by atoms with E-state index in [0.29, 0.717) is 25.2 Å². The molecule has 0 unspecified atom stereocenters. The van der Waals surface area contributed by atoms with Crippen molar-refractivity contribution in [1.82, 2.24) is 0 Å². The lowest BCUT2D eigenvalue weighted by Crippen LogP contribution is -2.68. The van der Waals surface area contributed by atoms with Crippen LogP contribution in [-0.2, 0) is 19.1 Å². The molecule has 0 aromatic carbocycles. The number of rotatable bonds is 2. The molecular formula is C23H35FO5. The van der Waals surface area contributed by atoms with Gasteiger partial charge in [-0.25, -0.2) is 4.39 Å². The zero-order valence-electron chi connectivity index (χ0n) is 18.1. The highest BCUT2D eigenvalue weighted by molar-refractivity contribution is 5.66. The maximum Gasteiger partial charge on any atom is 0.302 e. The summed E-state index contributed by atoms with van der Waals surface area (Å²) in [7, 11) is 0. The molecule has 0 bridgehead atoms. The molecule has 0 radical (unpaired) electrons. The number of esters is 2. The van der Waals surface area contributed by atoms with Crippen molar-refractivity contribution < 1.29 is 28.6 Å². The average Bonchev–Trinajstić information content (AvgIpc) is 2.93. The van der Waals surface area contributed by atoms with Crippen LogP contribution in [0, 0.1) is 28.6 Å². The van der Waals surface area contributed by atoms with E-state index in [1.807, 2.05) is 0 Å². The standard InChI is InChI=1S/C23H35FO5/c1-13(25)28-15-7-10-22(4)18-8-9-21(3)17(5-6-20(21)29-14(2)26)16(18)11-19(24)23(22,27)12-15/h15-20,27H,5-12H2,1-4H3/t15-,16-,17-,18-,19+,20-,21-,22+,23-/m0/s1. The van der Waals surface area contributed by atoms with Crippen molar-refractivity contribution in [1.29, 1.82) is 0 Å². The molecule has 5 nitrogen and oxygen atoms in total. The molecule has 0 amide bonds. The van der Waals surface area contributed by atoms with Gasteiger partial charge in [0.1, 0.15) is 24.0 Å². The molecule has 6 heteroatoms. The van der Waals surface area contributed by atoms with Crippen molar-refractivity contribution in [2.75, 3.05) is 0 Å². The molecule has 0 aromatic heterocycles. The number of aliphatic hydroxyl groups is 1. The van der Waals surface area contributed by atoms with E-state index in [4.69, 9.17) is 9.47 Å². The van der Waals surface area contributed by atoms with Crippen molar-refractivity contribution in [2.45, 2.75) is 103 Å². The van der Waals surface area contributed by atoms with Crippen LogP contribution in [0.5, 0.6) is 0 Å². The summed E-state index contributed by atoms with van der Waals surface area (Å²) in [5, 5.41) is 11.6. The summed E-state index contributed by atoms with van der Waals surface area (Å²) in [5.74, 6) is 0.140. The highest BCUT2D eigenvalue weighted by Crippen LogP contribution is 2.68. The third-order valence-corrected chi connectivity index (χ3v) is 9.32. The summed E-state index contributed by atoms with van der Waals surface area (Å²) >= 11 is 0. The van der Waals surface area contributed by atoms with Crippen LogP contribution in [0.25, 0.3) is 0 Å². The van der Waals surface area contributed by atoms with Crippen LogP contribution in [0.1, 0.15) is 79.1 Å². The van der Waals surface area contributed by atoms with Crippen molar-refractivity contribution in [2.24, 2.45) is 28.6 Å². The first-order valence-electron chi connectivity index (χ1n) is 11.2. The van der Waals surface area contributed by atoms with Gasteiger partial charge in [-0.1, -0.05) is 13.8 Å². The summed E-state index contributed by atoms with van der Waals surface area (Å²) < 4.78 is 26.7. The minimum Gasteiger partial charge on any atom is -0.462 e. The molecule has 0 heterocycles. The first-order valence-corrected chi connectivity index (χ1v) is 11.2. The Morgan fingerprint density at radius 1 is 0.966 bits per heavy atom. The summed E-state index contributed by atoms with van der Waals surface area (Å²) in [4.78, 5) is 23.0. The molecule has 1 N–H and O–H groups in total. The summed E-state index contributed by atoms with van der Waals surface area (Å²) in [6.07, 6.45) is 3.69. The van der Waals surface area contributed by atoms with Gasteiger partial charge in [-0.2, -0.15) is 0 Å². The smallest absolute Gasteiger partial charge is 0.302 e. The van der Waals surface area contributed by atoms with Gasteiger partial charge in [0.15, 0.2) is 0 Å². The van der Waals surface area contributed by atoms with Crippen molar-refractivity contribution in [3.63, 3.8) is 0 Å². The number of halogens is 1. The molecule has 0 spiro atoms. The second-order valence-electron chi connectivity index (χ2n) is 10.6. The van der Waals surface area contributed by atoms with Gasteiger partial charge in [-0.05, 0) is 62.7 Å². The van der Waals surface area contributed by atoms with Crippen LogP contribution >= 0.6 is 0 Å². The topological polar surface area (TPSA) is 72.8 Å². The number of hydrogen-bond acceptors (Lipinski definition) is 5. The number of hydrogen-bond donors (Lipinski definition) is 1. The number of carbonyl (C=O) groups excluding carboxylic acids is 2. The predicted octanol–water partition coefficient (Wildman–Crippen LogP) is 3.96. The zero-order chi connectivity index (χ0) is 21.2. The van der Waals surface area contributed by atoms with Gasteiger partial charge < -0.3 is 14.6 Å². The predicted molar refractivity (Wildman–Crippen MR) is 105 cm³/mol. The highest BCUT2D eigenvalue weighted by atomic mass is 19.1. The summed E-state index contributed by atoms with van der Waals surface area (Å²) in [6, 6.07) is 0. The average molecular weight is 411 g/mol. The Morgan fingerprint density at radius 2 is 1.66 bits per heavy atom. The van der Waals surface area contributed by atoms with Crippen LogP contribution in [-0.4, -0.2) is 41.0 Å². The molecule has 4 aliphatic carbocycles. The third-order valence-electron chi connectivity index (χ3n) is 9.32. The molecule has 4 fully saturated rings. The lowest BCUT2D eigenvalue weighted by atomic mass is 9.43. The first-order chi connectivity index (χ1) is 13.5. The molecule has 4 saturated carbocycles.